The lowest BCUT2D eigenvalue weighted by molar-refractivity contribution is -0.296. The van der Waals surface area contributed by atoms with E-state index in [1.54, 1.807) is 6.92 Å². The van der Waals surface area contributed by atoms with Crippen molar-refractivity contribution in [1.29, 1.82) is 0 Å². The number of nitrogens with zero attached hydrogens (tertiary/aromatic N) is 3. The van der Waals surface area contributed by atoms with Crippen molar-refractivity contribution in [1.82, 2.24) is 15.0 Å². The Hall–Kier alpha value is -1.22. The third kappa shape index (κ3) is 4.62. The average Bonchev–Trinajstić information content (AvgIpc) is 3.07. The average molecular weight is 391 g/mol. The molecule has 0 saturated carbocycles. The van der Waals surface area contributed by atoms with Gasteiger partial charge >= 0.3 is 0 Å². The fraction of sp³-hybridized carbons (Fsp3) is 0.867. The number of aliphatic hydroxyl groups is 6. The van der Waals surface area contributed by atoms with Gasteiger partial charge in [0.1, 0.15) is 36.2 Å². The number of hydrogen-bond donors (Lipinski definition) is 6. The second-order valence-electron chi connectivity index (χ2n) is 6.85. The summed E-state index contributed by atoms with van der Waals surface area (Å²) in [7, 11) is 0. The molecule has 12 heteroatoms. The van der Waals surface area contributed by atoms with E-state index in [4.69, 9.17) is 14.2 Å². The molecule has 0 spiro atoms. The Morgan fingerprint density at radius 2 is 1.81 bits per heavy atom. The molecule has 1 aromatic heterocycles. The van der Waals surface area contributed by atoms with Crippen molar-refractivity contribution in [2.75, 3.05) is 0 Å². The van der Waals surface area contributed by atoms with Crippen LogP contribution in [0.15, 0.2) is 6.20 Å². The van der Waals surface area contributed by atoms with E-state index in [0.717, 1.165) is 0 Å². The largest absolute Gasteiger partial charge is 0.390 e. The number of aliphatic hydroxyl groups excluding tert-OH is 6. The zero-order valence-corrected chi connectivity index (χ0v) is 14.6. The van der Waals surface area contributed by atoms with Gasteiger partial charge in [-0.05, 0) is 6.92 Å². The van der Waals surface area contributed by atoms with Crippen LogP contribution < -0.4 is 0 Å². The maximum absolute atomic E-state index is 9.94. The molecule has 3 rings (SSSR count). The molecule has 9 atom stereocenters. The zero-order chi connectivity index (χ0) is 19.7. The first-order valence-corrected chi connectivity index (χ1v) is 8.66. The predicted molar refractivity (Wildman–Crippen MR) is 84.7 cm³/mol. The highest BCUT2D eigenvalue weighted by atomic mass is 16.7. The van der Waals surface area contributed by atoms with E-state index in [0.29, 0.717) is 5.69 Å². The Kier molecular flexibility index (Phi) is 6.40. The van der Waals surface area contributed by atoms with Crippen LogP contribution in [0.3, 0.4) is 0 Å². The van der Waals surface area contributed by atoms with Crippen molar-refractivity contribution in [2.24, 2.45) is 0 Å². The summed E-state index contributed by atoms with van der Waals surface area (Å²) in [6.07, 6.45) is -8.75. The first kappa shape index (κ1) is 20.5. The lowest BCUT2D eigenvalue weighted by Crippen LogP contribution is -2.57. The molecule has 2 aliphatic heterocycles. The van der Waals surface area contributed by atoms with Crippen molar-refractivity contribution in [2.45, 2.75) is 81.8 Å². The summed E-state index contributed by atoms with van der Waals surface area (Å²) in [4.78, 5) is 0. The van der Waals surface area contributed by atoms with Crippen LogP contribution >= 0.6 is 0 Å². The second kappa shape index (κ2) is 8.43. The zero-order valence-electron chi connectivity index (χ0n) is 14.6. The Bertz CT molecular complexity index is 617. The summed E-state index contributed by atoms with van der Waals surface area (Å²) in [6, 6.07) is 0. The molecule has 2 aliphatic rings. The first-order chi connectivity index (χ1) is 12.8. The molecule has 6 unspecified atom stereocenters. The molecule has 2 saturated heterocycles. The number of rotatable bonds is 5. The molecular formula is C15H25N3O9. The molecule has 1 aromatic rings. The van der Waals surface area contributed by atoms with Crippen molar-refractivity contribution < 1.29 is 44.8 Å². The third-order valence-corrected chi connectivity index (χ3v) is 4.71. The van der Waals surface area contributed by atoms with E-state index in [9.17, 15) is 30.6 Å². The smallest absolute Gasteiger partial charge is 0.186 e. The molecule has 0 radical (unpaired) electrons. The van der Waals surface area contributed by atoms with Crippen LogP contribution in [0.4, 0.5) is 0 Å². The number of aromatic nitrogens is 3. The highest BCUT2D eigenvalue weighted by molar-refractivity contribution is 4.93. The number of hydrogen-bond acceptors (Lipinski definition) is 11. The Labute approximate surface area is 154 Å². The van der Waals surface area contributed by atoms with Crippen molar-refractivity contribution in [3.8, 4) is 0 Å². The minimum atomic E-state index is -1.42. The van der Waals surface area contributed by atoms with Gasteiger partial charge in [-0.25, -0.2) is 4.68 Å². The molecule has 0 amide bonds. The molecule has 27 heavy (non-hydrogen) atoms. The van der Waals surface area contributed by atoms with Gasteiger partial charge in [0.25, 0.3) is 0 Å². The minimum absolute atomic E-state index is 0.0484. The van der Waals surface area contributed by atoms with Crippen molar-refractivity contribution in [3.63, 3.8) is 0 Å². The van der Waals surface area contributed by atoms with Gasteiger partial charge in [0.15, 0.2) is 12.6 Å². The van der Waals surface area contributed by atoms with Gasteiger partial charge in [0, 0.05) is 6.42 Å². The van der Waals surface area contributed by atoms with Gasteiger partial charge in [-0.1, -0.05) is 5.21 Å². The van der Waals surface area contributed by atoms with Crippen LogP contribution in [0.1, 0.15) is 19.0 Å². The number of ether oxygens (including phenoxy) is 3. The molecule has 2 fully saturated rings. The van der Waals surface area contributed by atoms with Crippen LogP contribution in [0.5, 0.6) is 0 Å². The normalized spacial score (nSPS) is 43.0. The monoisotopic (exact) mass is 391 g/mol. The quantitative estimate of drug-likeness (QED) is 0.292. The second-order valence-corrected chi connectivity index (χ2v) is 6.85. The fourth-order valence-corrected chi connectivity index (χ4v) is 3.08. The molecule has 0 aliphatic carbocycles. The van der Waals surface area contributed by atoms with Crippen LogP contribution in [-0.4, -0.2) is 101 Å². The van der Waals surface area contributed by atoms with Gasteiger partial charge in [-0.15, -0.1) is 5.10 Å². The van der Waals surface area contributed by atoms with Gasteiger partial charge in [0.2, 0.25) is 0 Å². The molecule has 3 heterocycles. The summed E-state index contributed by atoms with van der Waals surface area (Å²) in [5.41, 5.74) is 0.380. The Morgan fingerprint density at radius 3 is 2.56 bits per heavy atom. The van der Waals surface area contributed by atoms with Gasteiger partial charge in [-0.3, -0.25) is 0 Å². The summed E-state index contributed by atoms with van der Waals surface area (Å²) in [5, 5.41) is 66.2. The summed E-state index contributed by atoms with van der Waals surface area (Å²) >= 11 is 0. The fourth-order valence-electron chi connectivity index (χ4n) is 3.08. The van der Waals surface area contributed by atoms with E-state index in [1.807, 2.05) is 0 Å². The molecule has 0 bridgehead atoms. The van der Waals surface area contributed by atoms with Gasteiger partial charge in [0.05, 0.1) is 31.6 Å². The van der Waals surface area contributed by atoms with Crippen LogP contribution in [0.2, 0.25) is 0 Å². The van der Waals surface area contributed by atoms with E-state index in [2.05, 4.69) is 10.3 Å². The van der Waals surface area contributed by atoms with Crippen LogP contribution in [-0.2, 0) is 27.4 Å². The third-order valence-electron chi connectivity index (χ3n) is 4.71. The maximum atomic E-state index is 9.94. The summed E-state index contributed by atoms with van der Waals surface area (Å²) < 4.78 is 17.3. The molecule has 6 N–H and O–H groups in total. The molecular weight excluding hydrogens is 366 g/mol. The SMILES string of the molecule is CC1OC(OCc2cn(C[C@H]3O[C@H](O)CC(O)[C@@H]3O)nn2)C(O)C(O)C1O. The van der Waals surface area contributed by atoms with E-state index in [1.165, 1.54) is 10.9 Å². The molecule has 12 nitrogen and oxygen atoms in total. The van der Waals surface area contributed by atoms with Crippen LogP contribution in [0.25, 0.3) is 0 Å². The van der Waals surface area contributed by atoms with Crippen molar-refractivity contribution >= 4 is 0 Å². The maximum Gasteiger partial charge on any atom is 0.186 e. The minimum Gasteiger partial charge on any atom is -0.390 e. The predicted octanol–water partition coefficient (Wildman–Crippen LogP) is -3.55. The standard InChI is InChI=1S/C15H25N3O9/c1-6-11(21)13(23)14(24)15(26-6)25-5-7-3-18(17-16-7)4-9-12(22)8(19)2-10(20)27-9/h3,6,8-15,19-24H,2,4-5H2,1H3/t6?,8?,9-,10+,11?,12+,13?,14?,15?/m1/s1. The highest BCUT2D eigenvalue weighted by Gasteiger charge is 2.42. The summed E-state index contributed by atoms with van der Waals surface area (Å²) in [5.74, 6) is 0. The Morgan fingerprint density at radius 1 is 1.07 bits per heavy atom. The Balaban J connectivity index is 1.54. The lowest BCUT2D eigenvalue weighted by atomic mass is 10.0. The van der Waals surface area contributed by atoms with Gasteiger partial charge < -0.3 is 44.8 Å². The van der Waals surface area contributed by atoms with Crippen molar-refractivity contribution in [3.05, 3.63) is 11.9 Å². The first-order valence-electron chi connectivity index (χ1n) is 8.66. The summed E-state index contributed by atoms with van der Waals surface area (Å²) in [6.45, 7) is 1.51. The molecule has 0 aromatic carbocycles. The molecule has 154 valence electrons. The topological polar surface area (TPSA) is 180 Å². The van der Waals surface area contributed by atoms with E-state index < -0.39 is 55.3 Å². The van der Waals surface area contributed by atoms with E-state index in [-0.39, 0.29) is 19.6 Å². The lowest BCUT2D eigenvalue weighted by Gasteiger charge is -2.38. The van der Waals surface area contributed by atoms with Crippen LogP contribution in [0, 0.1) is 0 Å². The van der Waals surface area contributed by atoms with Gasteiger partial charge in [-0.2, -0.15) is 0 Å². The van der Waals surface area contributed by atoms with E-state index >= 15 is 0 Å². The highest BCUT2D eigenvalue weighted by Crippen LogP contribution is 2.23.